The molecule has 1 nitrogen and oxygen atoms in total. The minimum absolute atomic E-state index is 1.18. The van der Waals surface area contributed by atoms with Gasteiger partial charge in [0.15, 0.2) is 0 Å². The van der Waals surface area contributed by atoms with Crippen molar-refractivity contribution in [1.82, 2.24) is 4.23 Å². The number of nitrogens with zero attached hydrogens (tertiary/aromatic N) is 1. The van der Waals surface area contributed by atoms with E-state index in [0.717, 1.165) is 0 Å². The predicted molar refractivity (Wildman–Crippen MR) is 82.1 cm³/mol. The zero-order chi connectivity index (χ0) is 12.8. The first-order valence-electron chi connectivity index (χ1n) is 6.76. The second-order valence-corrected chi connectivity index (χ2v) is 16.1. The molecular weight excluding hydrogens is 226 g/mol. The topological polar surface area (TPSA) is 3.24 Å². The molecule has 0 saturated carbocycles. The summed E-state index contributed by atoms with van der Waals surface area (Å²) in [6, 6.07) is 4.21. The largest absolute Gasteiger partial charge is 0.342 e. The van der Waals surface area contributed by atoms with Gasteiger partial charge in [-0.05, 0) is 25.1 Å². The maximum absolute atomic E-state index is 2.94. The van der Waals surface area contributed by atoms with Crippen LogP contribution in [0.5, 0.6) is 0 Å². The van der Waals surface area contributed by atoms with Gasteiger partial charge in [-0.2, -0.15) is 0 Å². The minimum atomic E-state index is -1.18. The summed E-state index contributed by atoms with van der Waals surface area (Å²) in [5.41, 5.74) is 0. The zero-order valence-electron chi connectivity index (χ0n) is 12.4. The Morgan fingerprint density at radius 2 is 1.38 bits per heavy atom. The second-order valence-electron chi connectivity index (χ2n) is 5.64. The lowest BCUT2D eigenvalue weighted by Gasteiger charge is -2.48. The summed E-state index contributed by atoms with van der Waals surface area (Å²) in [7, 11) is -2.35. The van der Waals surface area contributed by atoms with Crippen LogP contribution in [0, 0.1) is 0 Å². The lowest BCUT2D eigenvalue weighted by Crippen LogP contribution is -2.62. The molecule has 0 atom stereocenters. The van der Waals surface area contributed by atoms with Gasteiger partial charge in [0.2, 0.25) is 0 Å². The summed E-state index contributed by atoms with van der Waals surface area (Å²) in [6.45, 7) is 18.0. The van der Waals surface area contributed by atoms with Crippen molar-refractivity contribution in [3.8, 4) is 0 Å². The molecule has 0 saturated heterocycles. The standard InChI is InChI=1S/C13H31NSi2/c1-8-12-13-14(15(5,6)7)16(9-2,10-3)11-4/h8,12H,9-11,13H2,1-7H3. The van der Waals surface area contributed by atoms with Crippen LogP contribution in [0.4, 0.5) is 0 Å². The van der Waals surface area contributed by atoms with Gasteiger partial charge < -0.3 is 4.23 Å². The average molecular weight is 258 g/mol. The molecule has 3 heteroatoms. The van der Waals surface area contributed by atoms with Crippen LogP contribution in [0.25, 0.3) is 0 Å². The predicted octanol–water partition coefficient (Wildman–Crippen LogP) is 4.70. The van der Waals surface area contributed by atoms with Gasteiger partial charge in [0.05, 0.1) is 0 Å². The van der Waals surface area contributed by atoms with Gasteiger partial charge in [0, 0.05) is 6.54 Å². The van der Waals surface area contributed by atoms with Crippen LogP contribution < -0.4 is 0 Å². The highest BCUT2D eigenvalue weighted by molar-refractivity contribution is 6.91. The molecule has 0 heterocycles. The molecular formula is C13H31NSi2. The third kappa shape index (κ3) is 3.86. The fourth-order valence-electron chi connectivity index (χ4n) is 2.71. The zero-order valence-corrected chi connectivity index (χ0v) is 14.4. The molecule has 0 bridgehead atoms. The molecule has 0 aliphatic heterocycles. The fourth-order valence-corrected chi connectivity index (χ4v) is 13.6. The van der Waals surface area contributed by atoms with Crippen molar-refractivity contribution in [1.29, 1.82) is 0 Å². The quantitative estimate of drug-likeness (QED) is 0.472. The fraction of sp³-hybridized carbons (Fsp3) is 0.846. The molecule has 96 valence electrons. The molecule has 0 unspecified atom stereocenters. The third-order valence-corrected chi connectivity index (χ3v) is 14.4. The molecule has 0 aromatic carbocycles. The maximum atomic E-state index is 2.94. The first-order chi connectivity index (χ1) is 7.37. The van der Waals surface area contributed by atoms with Gasteiger partial charge in [-0.3, -0.25) is 0 Å². The normalized spacial score (nSPS) is 14.0. The van der Waals surface area contributed by atoms with Crippen molar-refractivity contribution < 1.29 is 0 Å². The molecule has 0 aliphatic rings. The van der Waals surface area contributed by atoms with Crippen LogP contribution >= 0.6 is 0 Å². The number of rotatable bonds is 7. The number of allylic oxidation sites excluding steroid dienone is 1. The average Bonchev–Trinajstić information content (AvgIpc) is 2.23. The van der Waals surface area contributed by atoms with Crippen LogP contribution in [0.1, 0.15) is 27.7 Å². The van der Waals surface area contributed by atoms with Crippen molar-refractivity contribution in [3.63, 3.8) is 0 Å². The molecule has 0 radical (unpaired) electrons. The van der Waals surface area contributed by atoms with E-state index in [1.807, 2.05) is 0 Å². The lowest BCUT2D eigenvalue weighted by atomic mass is 10.5. The van der Waals surface area contributed by atoms with E-state index in [9.17, 15) is 0 Å². The molecule has 0 N–H and O–H groups in total. The summed E-state index contributed by atoms with van der Waals surface area (Å²) in [5.74, 6) is 0. The van der Waals surface area contributed by atoms with E-state index < -0.39 is 16.5 Å². The van der Waals surface area contributed by atoms with Crippen LogP contribution in [0.3, 0.4) is 0 Å². The highest BCUT2D eigenvalue weighted by atomic mass is 28.4. The smallest absolute Gasteiger partial charge is 0.121 e. The Bertz CT molecular complexity index is 206. The molecule has 0 aromatic rings. The molecule has 0 rings (SSSR count). The molecule has 0 fully saturated rings. The van der Waals surface area contributed by atoms with E-state index in [-0.39, 0.29) is 0 Å². The molecule has 0 aromatic heterocycles. The molecule has 0 aliphatic carbocycles. The van der Waals surface area contributed by atoms with E-state index in [2.05, 4.69) is 63.7 Å². The number of hydrogen-bond donors (Lipinski definition) is 0. The Labute approximate surface area is 105 Å². The Morgan fingerprint density at radius 3 is 1.62 bits per heavy atom. The maximum Gasteiger partial charge on any atom is 0.121 e. The van der Waals surface area contributed by atoms with E-state index in [0.29, 0.717) is 0 Å². The minimum Gasteiger partial charge on any atom is -0.342 e. The second kappa shape index (κ2) is 6.77. The van der Waals surface area contributed by atoms with Crippen LogP contribution in [-0.2, 0) is 0 Å². The lowest BCUT2D eigenvalue weighted by molar-refractivity contribution is 0.658. The van der Waals surface area contributed by atoms with Crippen molar-refractivity contribution in [2.75, 3.05) is 6.54 Å². The van der Waals surface area contributed by atoms with E-state index in [1.165, 1.54) is 24.7 Å². The van der Waals surface area contributed by atoms with Gasteiger partial charge in [0.1, 0.15) is 16.5 Å². The third-order valence-electron chi connectivity index (χ3n) is 3.88. The van der Waals surface area contributed by atoms with Gasteiger partial charge in [-0.25, -0.2) is 0 Å². The van der Waals surface area contributed by atoms with Gasteiger partial charge in [0.25, 0.3) is 0 Å². The number of hydrogen-bond acceptors (Lipinski definition) is 1. The van der Waals surface area contributed by atoms with E-state index >= 15 is 0 Å². The Kier molecular flexibility index (Phi) is 6.83. The first kappa shape index (κ1) is 16.1. The summed E-state index contributed by atoms with van der Waals surface area (Å²) >= 11 is 0. The van der Waals surface area contributed by atoms with E-state index in [4.69, 9.17) is 0 Å². The Hall–Kier alpha value is 0.134. The van der Waals surface area contributed by atoms with Crippen molar-refractivity contribution in [2.45, 2.75) is 65.5 Å². The van der Waals surface area contributed by atoms with Crippen molar-refractivity contribution in [2.24, 2.45) is 0 Å². The van der Waals surface area contributed by atoms with Gasteiger partial charge >= 0.3 is 0 Å². The summed E-state index contributed by atoms with van der Waals surface area (Å²) in [6.07, 6.45) is 4.55. The van der Waals surface area contributed by atoms with Crippen LogP contribution in [0.15, 0.2) is 12.2 Å². The molecule has 0 spiro atoms. The van der Waals surface area contributed by atoms with Crippen molar-refractivity contribution in [3.05, 3.63) is 12.2 Å². The first-order valence-corrected chi connectivity index (χ1v) is 12.8. The Morgan fingerprint density at radius 1 is 0.938 bits per heavy atom. The van der Waals surface area contributed by atoms with Crippen molar-refractivity contribution >= 4 is 16.5 Å². The van der Waals surface area contributed by atoms with Crippen LogP contribution in [0.2, 0.25) is 37.8 Å². The van der Waals surface area contributed by atoms with Gasteiger partial charge in [-0.15, -0.1) is 0 Å². The highest BCUT2D eigenvalue weighted by Crippen LogP contribution is 2.29. The highest BCUT2D eigenvalue weighted by Gasteiger charge is 2.40. The molecule has 16 heavy (non-hydrogen) atoms. The summed E-state index contributed by atoms with van der Waals surface area (Å²) in [5, 5.41) is 0. The SMILES string of the molecule is CC=CCN([Si](C)(C)C)[Si](CC)(CC)CC. The molecule has 0 amide bonds. The monoisotopic (exact) mass is 257 g/mol. The summed E-state index contributed by atoms with van der Waals surface area (Å²) < 4.78 is 2.94. The summed E-state index contributed by atoms with van der Waals surface area (Å²) in [4.78, 5) is 0. The Balaban J connectivity index is 5.11. The van der Waals surface area contributed by atoms with E-state index in [1.54, 1.807) is 0 Å². The van der Waals surface area contributed by atoms with Crippen LogP contribution in [-0.4, -0.2) is 27.2 Å². The van der Waals surface area contributed by atoms with Gasteiger partial charge in [-0.1, -0.05) is 52.6 Å².